The van der Waals surface area contributed by atoms with E-state index < -0.39 is 24.0 Å². The zero-order valence-corrected chi connectivity index (χ0v) is 26.4. The molecule has 0 aliphatic heterocycles. The molecule has 0 heterocycles. The SMILES string of the molecule is CC(C)CCC(CN(CC(C)C)C(=O)N[C@@H](Cc1ccc(-c2ccccc2)cc1)C(=O)O)C(=O)Oc1ccc2c(c1)CCC2. The summed E-state index contributed by atoms with van der Waals surface area (Å²) in [5, 5.41) is 12.8. The molecule has 0 saturated carbocycles. The van der Waals surface area contributed by atoms with E-state index in [1.54, 1.807) is 4.90 Å². The van der Waals surface area contributed by atoms with Crippen molar-refractivity contribution in [3.05, 3.63) is 89.5 Å². The van der Waals surface area contributed by atoms with Crippen molar-refractivity contribution >= 4 is 18.0 Å². The van der Waals surface area contributed by atoms with E-state index in [1.807, 2.05) is 86.6 Å². The molecule has 1 aliphatic rings. The third kappa shape index (κ3) is 9.43. The molecule has 44 heavy (non-hydrogen) atoms. The summed E-state index contributed by atoms with van der Waals surface area (Å²) in [5.41, 5.74) is 5.45. The summed E-state index contributed by atoms with van der Waals surface area (Å²) < 4.78 is 5.87. The highest BCUT2D eigenvalue weighted by Gasteiger charge is 2.30. The third-order valence-electron chi connectivity index (χ3n) is 8.12. The predicted octanol–water partition coefficient (Wildman–Crippen LogP) is 7.16. The lowest BCUT2D eigenvalue weighted by Gasteiger charge is -2.30. The van der Waals surface area contributed by atoms with Gasteiger partial charge in [-0.1, -0.05) is 94.8 Å². The largest absolute Gasteiger partial charge is 0.480 e. The number of carbonyl (C=O) groups excluding carboxylic acids is 2. The molecule has 1 aliphatic carbocycles. The van der Waals surface area contributed by atoms with E-state index in [9.17, 15) is 19.5 Å². The Morgan fingerprint density at radius 3 is 2.16 bits per heavy atom. The Balaban J connectivity index is 1.46. The minimum atomic E-state index is -1.12. The van der Waals surface area contributed by atoms with Gasteiger partial charge in [0.2, 0.25) is 0 Å². The monoisotopic (exact) mass is 598 g/mol. The van der Waals surface area contributed by atoms with Crippen LogP contribution in [-0.4, -0.2) is 47.1 Å². The highest BCUT2D eigenvalue weighted by atomic mass is 16.5. The molecule has 0 radical (unpaired) electrons. The lowest BCUT2D eigenvalue weighted by atomic mass is 9.97. The van der Waals surface area contributed by atoms with Gasteiger partial charge in [0, 0.05) is 19.5 Å². The molecule has 2 N–H and O–H groups in total. The Labute approximate surface area is 261 Å². The number of hydrogen-bond acceptors (Lipinski definition) is 4. The zero-order chi connectivity index (χ0) is 31.6. The van der Waals surface area contributed by atoms with Crippen molar-refractivity contribution in [2.24, 2.45) is 17.8 Å². The van der Waals surface area contributed by atoms with E-state index in [1.165, 1.54) is 11.1 Å². The first-order valence-electron chi connectivity index (χ1n) is 15.8. The van der Waals surface area contributed by atoms with Gasteiger partial charge in [0.15, 0.2) is 0 Å². The van der Waals surface area contributed by atoms with Crippen LogP contribution in [-0.2, 0) is 28.9 Å². The van der Waals surface area contributed by atoms with Crippen LogP contribution in [0.2, 0.25) is 0 Å². The number of aliphatic carboxylic acids is 1. The fourth-order valence-corrected chi connectivity index (χ4v) is 5.72. The first-order valence-corrected chi connectivity index (χ1v) is 15.8. The van der Waals surface area contributed by atoms with E-state index in [0.29, 0.717) is 24.6 Å². The van der Waals surface area contributed by atoms with Crippen LogP contribution < -0.4 is 10.1 Å². The van der Waals surface area contributed by atoms with Crippen molar-refractivity contribution < 1.29 is 24.2 Å². The molecule has 2 atom stereocenters. The molecular weight excluding hydrogens is 552 g/mol. The van der Waals surface area contributed by atoms with Gasteiger partial charge >= 0.3 is 18.0 Å². The van der Waals surface area contributed by atoms with E-state index in [0.717, 1.165) is 42.4 Å². The van der Waals surface area contributed by atoms with Crippen LogP contribution in [0.1, 0.15) is 63.6 Å². The fraction of sp³-hybridized carbons (Fsp3) is 0.432. The van der Waals surface area contributed by atoms with Gasteiger partial charge in [0.1, 0.15) is 11.8 Å². The lowest BCUT2D eigenvalue weighted by molar-refractivity contribution is -0.140. The molecule has 4 rings (SSSR count). The van der Waals surface area contributed by atoms with Gasteiger partial charge in [0.25, 0.3) is 0 Å². The number of hydrogen-bond donors (Lipinski definition) is 2. The first kappa shape index (κ1) is 32.8. The number of carboxylic acids is 1. The average molecular weight is 599 g/mol. The van der Waals surface area contributed by atoms with Crippen LogP contribution in [0, 0.1) is 17.8 Å². The Morgan fingerprint density at radius 2 is 1.50 bits per heavy atom. The van der Waals surface area contributed by atoms with Crippen molar-refractivity contribution in [1.29, 1.82) is 0 Å². The van der Waals surface area contributed by atoms with Crippen LogP contribution in [0.5, 0.6) is 5.75 Å². The maximum Gasteiger partial charge on any atom is 0.326 e. The molecule has 0 spiro atoms. The Kier molecular flexibility index (Phi) is 11.6. The number of ether oxygens (including phenoxy) is 1. The van der Waals surface area contributed by atoms with Crippen LogP contribution >= 0.6 is 0 Å². The van der Waals surface area contributed by atoms with Crippen molar-refractivity contribution in [3.8, 4) is 16.9 Å². The Hall–Kier alpha value is -4.13. The van der Waals surface area contributed by atoms with E-state index in [2.05, 4.69) is 19.2 Å². The molecule has 3 aromatic rings. The summed E-state index contributed by atoms with van der Waals surface area (Å²) >= 11 is 0. The number of nitrogens with one attached hydrogen (secondary N) is 1. The lowest BCUT2D eigenvalue weighted by Crippen LogP contribution is -2.51. The van der Waals surface area contributed by atoms with Crippen molar-refractivity contribution in [1.82, 2.24) is 10.2 Å². The molecule has 0 fully saturated rings. The third-order valence-corrected chi connectivity index (χ3v) is 8.12. The normalized spacial score (nSPS) is 13.8. The molecule has 2 amide bonds. The summed E-state index contributed by atoms with van der Waals surface area (Å²) in [6, 6.07) is 21.9. The van der Waals surface area contributed by atoms with Gasteiger partial charge < -0.3 is 20.1 Å². The van der Waals surface area contributed by atoms with Gasteiger partial charge in [0.05, 0.1) is 5.92 Å². The van der Waals surface area contributed by atoms with Crippen LogP contribution in [0.15, 0.2) is 72.8 Å². The van der Waals surface area contributed by atoms with Gasteiger partial charge in [-0.25, -0.2) is 9.59 Å². The topological polar surface area (TPSA) is 95.9 Å². The Bertz CT molecular complexity index is 1400. The molecular formula is C37H46N2O5. The molecule has 7 heteroatoms. The number of nitrogens with zero attached hydrogens (tertiary/aromatic N) is 1. The second-order valence-electron chi connectivity index (χ2n) is 12.8. The second kappa shape index (κ2) is 15.6. The smallest absolute Gasteiger partial charge is 0.326 e. The number of fused-ring (bicyclic) bond motifs is 1. The molecule has 0 aromatic heterocycles. The van der Waals surface area contributed by atoms with Gasteiger partial charge in [-0.2, -0.15) is 0 Å². The number of esters is 1. The van der Waals surface area contributed by atoms with Crippen molar-refractivity contribution in [2.75, 3.05) is 13.1 Å². The summed E-state index contributed by atoms with van der Waals surface area (Å²) in [6.45, 7) is 8.73. The maximum atomic E-state index is 13.6. The summed E-state index contributed by atoms with van der Waals surface area (Å²) in [4.78, 5) is 40.9. The van der Waals surface area contributed by atoms with E-state index >= 15 is 0 Å². The van der Waals surface area contributed by atoms with Gasteiger partial charge in [-0.05, 0) is 77.5 Å². The van der Waals surface area contributed by atoms with Crippen LogP contribution in [0.25, 0.3) is 11.1 Å². The molecule has 7 nitrogen and oxygen atoms in total. The van der Waals surface area contributed by atoms with Crippen molar-refractivity contribution in [2.45, 2.75) is 72.3 Å². The highest BCUT2D eigenvalue weighted by Crippen LogP contribution is 2.27. The molecule has 0 saturated heterocycles. The fourth-order valence-electron chi connectivity index (χ4n) is 5.72. The number of amides is 2. The minimum absolute atomic E-state index is 0.119. The van der Waals surface area contributed by atoms with E-state index in [-0.39, 0.29) is 24.9 Å². The number of carbonyl (C=O) groups is 3. The first-order chi connectivity index (χ1) is 21.1. The van der Waals surface area contributed by atoms with Crippen LogP contribution in [0.4, 0.5) is 4.79 Å². The van der Waals surface area contributed by atoms with Gasteiger partial charge in [-0.15, -0.1) is 0 Å². The summed E-state index contributed by atoms with van der Waals surface area (Å²) in [6.07, 6.45) is 4.66. The molecule has 3 aromatic carbocycles. The predicted molar refractivity (Wildman–Crippen MR) is 174 cm³/mol. The summed E-state index contributed by atoms with van der Waals surface area (Å²) in [5.74, 6) is -0.977. The number of carboxylic acid groups (broad SMARTS) is 1. The average Bonchev–Trinajstić information content (AvgIpc) is 3.46. The number of rotatable bonds is 14. The molecule has 234 valence electrons. The number of aryl methyl sites for hydroxylation is 2. The number of benzene rings is 3. The number of urea groups is 1. The highest BCUT2D eigenvalue weighted by molar-refractivity contribution is 5.83. The zero-order valence-electron chi connectivity index (χ0n) is 26.4. The Morgan fingerprint density at radius 1 is 0.818 bits per heavy atom. The molecule has 0 bridgehead atoms. The molecule has 1 unspecified atom stereocenters. The van der Waals surface area contributed by atoms with E-state index in [4.69, 9.17) is 4.74 Å². The van der Waals surface area contributed by atoms with Gasteiger partial charge in [-0.3, -0.25) is 4.79 Å². The van der Waals surface area contributed by atoms with Crippen molar-refractivity contribution in [3.63, 3.8) is 0 Å². The standard InChI is InChI=1S/C37H46N2O5/c1-25(2)13-16-32(36(42)44-33-20-19-29-11-8-12-31(29)22-33)24-39(23-26(3)4)37(43)38-34(35(40)41)21-27-14-17-30(18-15-27)28-9-6-5-7-10-28/h5-7,9-10,14-15,17-20,22,25-26,32,34H,8,11-13,16,21,23-24H2,1-4H3,(H,38,43)(H,40,41)/t32?,34-/m0/s1. The summed E-state index contributed by atoms with van der Waals surface area (Å²) in [7, 11) is 0. The minimum Gasteiger partial charge on any atom is -0.480 e. The maximum absolute atomic E-state index is 13.6. The second-order valence-corrected chi connectivity index (χ2v) is 12.8. The quantitative estimate of drug-likeness (QED) is 0.152. The van der Waals surface area contributed by atoms with Crippen LogP contribution in [0.3, 0.4) is 0 Å².